The van der Waals surface area contributed by atoms with E-state index >= 15 is 0 Å². The molecule has 0 radical (unpaired) electrons. The molecular weight excluding hydrogens is 228 g/mol. The van der Waals surface area contributed by atoms with Gasteiger partial charge in [-0.1, -0.05) is 48.5 Å². The van der Waals surface area contributed by atoms with Gasteiger partial charge >= 0.3 is 0 Å². The van der Waals surface area contributed by atoms with E-state index in [0.717, 1.165) is 0 Å². The number of nitrogens with zero attached hydrogens (tertiary/aromatic N) is 6. The van der Waals surface area contributed by atoms with E-state index in [1.807, 2.05) is 48.5 Å². The topological polar surface area (TPSA) is 77.3 Å². The average Bonchev–Trinajstić information content (AvgIpc) is 2.39. The first-order valence-electron chi connectivity index (χ1n) is 5.18. The Kier molecular flexibility index (Phi) is 7.94. The normalized spacial score (nSPS) is 8.00. The van der Waals surface area contributed by atoms with E-state index in [2.05, 4.69) is 31.1 Å². The van der Waals surface area contributed by atoms with Crippen LogP contribution in [-0.4, -0.2) is 31.1 Å². The first-order valence-corrected chi connectivity index (χ1v) is 5.18. The van der Waals surface area contributed by atoms with E-state index in [-0.39, 0.29) is 0 Å². The third kappa shape index (κ3) is 8.54. The summed E-state index contributed by atoms with van der Waals surface area (Å²) in [4.78, 5) is 0. The van der Waals surface area contributed by atoms with Crippen LogP contribution in [0.4, 0.5) is 0 Å². The summed E-state index contributed by atoms with van der Waals surface area (Å²) in [5.74, 6) is 0. The van der Waals surface area contributed by atoms with E-state index < -0.39 is 0 Å². The predicted octanol–water partition coefficient (Wildman–Crippen LogP) is 1.43. The van der Waals surface area contributed by atoms with Gasteiger partial charge in [0.15, 0.2) is 0 Å². The molecule has 0 bridgehead atoms. The fourth-order valence-electron chi connectivity index (χ4n) is 0.831. The van der Waals surface area contributed by atoms with Crippen molar-refractivity contribution in [3.8, 4) is 0 Å². The van der Waals surface area contributed by atoms with Gasteiger partial charge in [-0.3, -0.25) is 0 Å². The van der Waals surface area contributed by atoms with Gasteiger partial charge < -0.3 is 0 Å². The Morgan fingerprint density at radius 3 is 1.06 bits per heavy atom. The molecule has 0 spiro atoms. The molecule has 1 aromatic heterocycles. The molecule has 0 saturated carbocycles. The van der Waals surface area contributed by atoms with Crippen LogP contribution in [0.3, 0.4) is 0 Å². The Morgan fingerprint density at radius 1 is 0.333 bits per heavy atom. The molecule has 0 fully saturated rings. The molecular formula is C12H12N6. The number of hydrogen-bond donors (Lipinski definition) is 0. The van der Waals surface area contributed by atoms with E-state index in [1.54, 1.807) is 12.1 Å². The molecule has 0 aliphatic rings. The van der Waals surface area contributed by atoms with Crippen LogP contribution in [0.5, 0.6) is 0 Å². The van der Waals surface area contributed by atoms with Crippen molar-refractivity contribution in [3.63, 3.8) is 0 Å². The van der Waals surface area contributed by atoms with Crippen LogP contribution in [0.1, 0.15) is 0 Å². The molecule has 18 heavy (non-hydrogen) atoms. The van der Waals surface area contributed by atoms with Gasteiger partial charge in [0.2, 0.25) is 0 Å². The molecule has 1 rings (SSSR count). The average molecular weight is 240 g/mol. The maximum Gasteiger partial charge on any atom is 0.0514 e. The van der Waals surface area contributed by atoms with Gasteiger partial charge in [-0.25, -0.2) is 0 Å². The molecule has 0 aliphatic carbocycles. The molecule has 6 heteroatoms. The smallest absolute Gasteiger partial charge is 0.0514 e. The van der Waals surface area contributed by atoms with Crippen molar-refractivity contribution in [3.05, 3.63) is 73.1 Å². The Labute approximate surface area is 105 Å². The van der Waals surface area contributed by atoms with Gasteiger partial charge in [-0.05, 0) is 33.0 Å². The van der Waals surface area contributed by atoms with Crippen molar-refractivity contribution >= 4 is 0 Å². The monoisotopic (exact) mass is 240 g/mol. The fraction of sp³-hybridized carbons (Fsp3) is 0. The highest BCUT2D eigenvalue weighted by Gasteiger charge is 1.61. The highest BCUT2D eigenvalue weighted by molar-refractivity contribution is 4.95. The third-order valence-electron chi connectivity index (χ3n) is 1.53. The van der Waals surface area contributed by atoms with Crippen LogP contribution in [0.15, 0.2) is 73.1 Å². The number of aromatic nitrogens is 6. The van der Waals surface area contributed by atoms with Crippen molar-refractivity contribution < 1.29 is 0 Å². The number of hydrogen-bond acceptors (Lipinski definition) is 6. The van der Waals surface area contributed by atoms with Gasteiger partial charge in [0.25, 0.3) is 0 Å². The molecule has 0 atom stereocenters. The quantitative estimate of drug-likeness (QED) is 0.682. The Bertz CT molecular complexity index is 307. The van der Waals surface area contributed by atoms with E-state index in [0.29, 0.717) is 0 Å². The highest BCUT2D eigenvalue weighted by Crippen LogP contribution is 1.76. The Hall–Kier alpha value is -2.76. The summed E-state index contributed by atoms with van der Waals surface area (Å²) in [6, 6.07) is 18.5. The van der Waals surface area contributed by atoms with Crippen LogP contribution in [0.2, 0.25) is 0 Å². The van der Waals surface area contributed by atoms with Gasteiger partial charge in [-0.15, -0.1) is 10.2 Å². The van der Waals surface area contributed by atoms with Crippen molar-refractivity contribution in [2.45, 2.75) is 0 Å². The zero-order valence-corrected chi connectivity index (χ0v) is 9.61. The second-order valence-electron chi connectivity index (χ2n) is 2.81. The first kappa shape index (κ1) is 13.3. The highest BCUT2D eigenvalue weighted by atomic mass is 15.5. The Morgan fingerprint density at radius 2 is 0.667 bits per heavy atom. The molecule has 0 aliphatic heterocycles. The molecule has 90 valence electrons. The standard InChI is InChI=1S/C12H12N6/c1-2-4-6-8-10-12-14-16-18-17-15-13-11-9-7-5-3-1/h1-12H. The summed E-state index contributed by atoms with van der Waals surface area (Å²) < 4.78 is 0. The van der Waals surface area contributed by atoms with Gasteiger partial charge in [0.05, 0.1) is 12.4 Å². The van der Waals surface area contributed by atoms with E-state index in [4.69, 9.17) is 0 Å². The van der Waals surface area contributed by atoms with Crippen LogP contribution in [0, 0.1) is 0 Å². The molecule has 6 nitrogen and oxygen atoms in total. The van der Waals surface area contributed by atoms with Crippen molar-refractivity contribution in [2.24, 2.45) is 0 Å². The van der Waals surface area contributed by atoms with Crippen molar-refractivity contribution in [1.82, 2.24) is 31.1 Å². The summed E-state index contributed by atoms with van der Waals surface area (Å²) in [5.41, 5.74) is 0. The molecule has 0 unspecified atom stereocenters. The maximum absolute atomic E-state index is 3.60. The van der Waals surface area contributed by atoms with E-state index in [9.17, 15) is 0 Å². The molecule has 0 saturated heterocycles. The molecule has 0 N–H and O–H groups in total. The third-order valence-corrected chi connectivity index (χ3v) is 1.53. The lowest BCUT2D eigenvalue weighted by atomic mass is 10.4. The van der Waals surface area contributed by atoms with Gasteiger partial charge in [-0.2, -0.15) is 0 Å². The van der Waals surface area contributed by atoms with E-state index in [1.165, 1.54) is 12.4 Å². The summed E-state index contributed by atoms with van der Waals surface area (Å²) in [5, 5.41) is 20.6. The van der Waals surface area contributed by atoms with Crippen molar-refractivity contribution in [1.29, 1.82) is 0 Å². The molecule has 0 amide bonds. The summed E-state index contributed by atoms with van der Waals surface area (Å²) in [6.45, 7) is 0. The minimum atomic E-state index is 1.49. The summed E-state index contributed by atoms with van der Waals surface area (Å²) in [7, 11) is 0. The number of rotatable bonds is 0. The summed E-state index contributed by atoms with van der Waals surface area (Å²) in [6.07, 6.45) is 2.98. The maximum atomic E-state index is 3.60. The van der Waals surface area contributed by atoms with Crippen LogP contribution in [0.25, 0.3) is 0 Å². The molecule has 1 aromatic rings. The lowest BCUT2D eigenvalue weighted by Gasteiger charge is -1.68. The van der Waals surface area contributed by atoms with Gasteiger partial charge in [0, 0.05) is 0 Å². The molecule has 1 heterocycles. The SMILES string of the molecule is c1ccccccnnnnnnccccc1. The molecule has 0 aromatic carbocycles. The minimum absolute atomic E-state index is 1.49. The lowest BCUT2D eigenvalue weighted by molar-refractivity contribution is 0.695. The Balaban J connectivity index is 3.00. The van der Waals surface area contributed by atoms with Crippen LogP contribution >= 0.6 is 0 Å². The van der Waals surface area contributed by atoms with Crippen LogP contribution < -0.4 is 0 Å². The second-order valence-corrected chi connectivity index (χ2v) is 2.81. The largest absolute Gasteiger partial charge is 0.137 e. The fourth-order valence-corrected chi connectivity index (χ4v) is 0.831. The van der Waals surface area contributed by atoms with Gasteiger partial charge in [0.1, 0.15) is 0 Å². The lowest BCUT2D eigenvalue weighted by Crippen LogP contribution is -1.85. The predicted molar refractivity (Wildman–Crippen MR) is 66.1 cm³/mol. The van der Waals surface area contributed by atoms with Crippen LogP contribution in [-0.2, 0) is 0 Å². The summed E-state index contributed by atoms with van der Waals surface area (Å²) >= 11 is 0. The van der Waals surface area contributed by atoms with Crippen molar-refractivity contribution in [2.75, 3.05) is 0 Å². The minimum Gasteiger partial charge on any atom is -0.137 e. The second kappa shape index (κ2) is 10.7. The zero-order valence-electron chi connectivity index (χ0n) is 9.61. The first-order chi connectivity index (χ1) is 9.00. The zero-order chi connectivity index (χ0) is 12.7.